The monoisotopic (exact) mass is 351 g/mol. The van der Waals surface area contributed by atoms with E-state index in [0.29, 0.717) is 6.61 Å². The van der Waals surface area contributed by atoms with Crippen molar-refractivity contribution in [1.29, 1.82) is 0 Å². The molecule has 0 saturated carbocycles. The summed E-state index contributed by atoms with van der Waals surface area (Å²) in [5.74, 6) is 0.857. The molecule has 0 atom stereocenters. The van der Waals surface area contributed by atoms with Crippen molar-refractivity contribution in [3.8, 4) is 5.75 Å². The SMILES string of the molecule is Cc1ccc(C)c(NCc2ccc(OCc3cccc(Cl)c3)cc2)c1. The molecule has 1 N–H and O–H groups in total. The molecule has 25 heavy (non-hydrogen) atoms. The van der Waals surface area contributed by atoms with E-state index in [0.717, 1.165) is 22.9 Å². The Kier molecular flexibility index (Phi) is 5.62. The van der Waals surface area contributed by atoms with Gasteiger partial charge in [-0.15, -0.1) is 0 Å². The van der Waals surface area contributed by atoms with Crippen molar-refractivity contribution in [2.24, 2.45) is 0 Å². The lowest BCUT2D eigenvalue weighted by atomic mass is 10.1. The van der Waals surface area contributed by atoms with E-state index in [1.807, 2.05) is 36.4 Å². The number of halogens is 1. The molecule has 3 aromatic carbocycles. The number of hydrogen-bond acceptors (Lipinski definition) is 2. The van der Waals surface area contributed by atoms with Crippen LogP contribution < -0.4 is 10.1 Å². The maximum absolute atomic E-state index is 5.99. The van der Waals surface area contributed by atoms with Crippen molar-refractivity contribution >= 4 is 17.3 Å². The number of rotatable bonds is 6. The van der Waals surface area contributed by atoms with Gasteiger partial charge in [-0.3, -0.25) is 0 Å². The van der Waals surface area contributed by atoms with Crippen LogP contribution in [0.25, 0.3) is 0 Å². The first-order valence-electron chi connectivity index (χ1n) is 8.37. The molecule has 128 valence electrons. The summed E-state index contributed by atoms with van der Waals surface area (Å²) in [5, 5.41) is 4.23. The zero-order valence-electron chi connectivity index (χ0n) is 14.6. The van der Waals surface area contributed by atoms with E-state index in [-0.39, 0.29) is 0 Å². The zero-order valence-corrected chi connectivity index (χ0v) is 15.3. The Bertz CT molecular complexity index is 843. The fourth-order valence-electron chi connectivity index (χ4n) is 2.62. The van der Waals surface area contributed by atoms with Gasteiger partial charge < -0.3 is 10.1 Å². The normalized spacial score (nSPS) is 10.5. The highest BCUT2D eigenvalue weighted by molar-refractivity contribution is 6.30. The first-order valence-corrected chi connectivity index (χ1v) is 8.75. The zero-order chi connectivity index (χ0) is 17.6. The Morgan fingerprint density at radius 2 is 1.68 bits per heavy atom. The molecule has 0 aromatic heterocycles. The van der Waals surface area contributed by atoms with Gasteiger partial charge >= 0.3 is 0 Å². The molecule has 0 unspecified atom stereocenters. The first-order chi connectivity index (χ1) is 12.1. The summed E-state index contributed by atoms with van der Waals surface area (Å²) in [5.41, 5.74) is 5.98. The van der Waals surface area contributed by atoms with Crippen molar-refractivity contribution < 1.29 is 4.74 Å². The molecule has 3 aromatic rings. The number of benzene rings is 3. The molecule has 0 aliphatic heterocycles. The Balaban J connectivity index is 1.56. The average molecular weight is 352 g/mol. The van der Waals surface area contributed by atoms with E-state index in [2.05, 4.69) is 49.5 Å². The fraction of sp³-hybridized carbons (Fsp3) is 0.182. The van der Waals surface area contributed by atoms with Crippen LogP contribution in [-0.2, 0) is 13.2 Å². The van der Waals surface area contributed by atoms with Gasteiger partial charge in [-0.05, 0) is 66.4 Å². The van der Waals surface area contributed by atoms with Gasteiger partial charge in [0.1, 0.15) is 12.4 Å². The summed E-state index contributed by atoms with van der Waals surface area (Å²) in [6.07, 6.45) is 0. The van der Waals surface area contributed by atoms with Gasteiger partial charge in [0.2, 0.25) is 0 Å². The van der Waals surface area contributed by atoms with Gasteiger partial charge in [0.25, 0.3) is 0 Å². The smallest absolute Gasteiger partial charge is 0.119 e. The topological polar surface area (TPSA) is 21.3 Å². The molecule has 0 aliphatic rings. The molecule has 0 aliphatic carbocycles. The average Bonchev–Trinajstić information content (AvgIpc) is 2.62. The van der Waals surface area contributed by atoms with Crippen molar-refractivity contribution in [2.45, 2.75) is 27.0 Å². The molecule has 2 nitrogen and oxygen atoms in total. The van der Waals surface area contributed by atoms with E-state index >= 15 is 0 Å². The van der Waals surface area contributed by atoms with Gasteiger partial charge in [-0.1, -0.05) is 48.0 Å². The number of hydrogen-bond donors (Lipinski definition) is 1. The van der Waals surface area contributed by atoms with Crippen molar-refractivity contribution in [1.82, 2.24) is 0 Å². The highest BCUT2D eigenvalue weighted by Gasteiger charge is 2.01. The minimum Gasteiger partial charge on any atom is -0.489 e. The molecule has 0 bridgehead atoms. The number of ether oxygens (including phenoxy) is 1. The quantitative estimate of drug-likeness (QED) is 0.575. The predicted molar refractivity (Wildman–Crippen MR) is 105 cm³/mol. The summed E-state index contributed by atoms with van der Waals surface area (Å²) < 4.78 is 5.82. The Labute approximate surface area is 154 Å². The molecule has 0 amide bonds. The van der Waals surface area contributed by atoms with Gasteiger partial charge in [-0.2, -0.15) is 0 Å². The van der Waals surface area contributed by atoms with E-state index in [4.69, 9.17) is 16.3 Å². The molecule has 3 heteroatoms. The standard InChI is InChI=1S/C22H22ClNO/c1-16-6-7-17(2)22(12-16)24-14-18-8-10-21(11-9-18)25-15-19-4-3-5-20(23)13-19/h3-13,24H,14-15H2,1-2H3. The lowest BCUT2D eigenvalue weighted by Gasteiger charge is -2.11. The van der Waals surface area contributed by atoms with Gasteiger partial charge in [0.05, 0.1) is 0 Å². The second-order valence-corrected chi connectivity index (χ2v) is 6.67. The van der Waals surface area contributed by atoms with Crippen LogP contribution in [0.4, 0.5) is 5.69 Å². The molecule has 3 rings (SSSR count). The summed E-state index contributed by atoms with van der Waals surface area (Å²) >= 11 is 5.99. The lowest BCUT2D eigenvalue weighted by molar-refractivity contribution is 0.306. The summed E-state index contributed by atoms with van der Waals surface area (Å²) in [6, 6.07) is 22.4. The van der Waals surface area contributed by atoms with Gasteiger partial charge in [0.15, 0.2) is 0 Å². The minimum absolute atomic E-state index is 0.515. The van der Waals surface area contributed by atoms with E-state index < -0.39 is 0 Å². The summed E-state index contributed by atoms with van der Waals surface area (Å²) in [6.45, 7) is 5.53. The van der Waals surface area contributed by atoms with E-state index in [9.17, 15) is 0 Å². The molecule has 0 fully saturated rings. The van der Waals surface area contributed by atoms with Gasteiger partial charge in [-0.25, -0.2) is 0 Å². The highest BCUT2D eigenvalue weighted by atomic mass is 35.5. The van der Waals surface area contributed by atoms with Crippen molar-refractivity contribution in [3.63, 3.8) is 0 Å². The van der Waals surface area contributed by atoms with Crippen LogP contribution in [0.15, 0.2) is 66.7 Å². The van der Waals surface area contributed by atoms with Crippen LogP contribution in [0.5, 0.6) is 5.75 Å². The highest BCUT2D eigenvalue weighted by Crippen LogP contribution is 2.19. The second-order valence-electron chi connectivity index (χ2n) is 6.23. The van der Waals surface area contributed by atoms with Crippen molar-refractivity contribution in [2.75, 3.05) is 5.32 Å². The maximum Gasteiger partial charge on any atom is 0.119 e. The van der Waals surface area contributed by atoms with E-state index in [1.165, 1.54) is 22.4 Å². The molecular weight excluding hydrogens is 330 g/mol. The fourth-order valence-corrected chi connectivity index (χ4v) is 2.83. The Morgan fingerprint density at radius 3 is 2.44 bits per heavy atom. The molecular formula is C22H22ClNO. The van der Waals surface area contributed by atoms with Crippen LogP contribution in [0.3, 0.4) is 0 Å². The van der Waals surface area contributed by atoms with E-state index in [1.54, 1.807) is 0 Å². The van der Waals surface area contributed by atoms with Crippen LogP contribution in [0.2, 0.25) is 5.02 Å². The maximum atomic E-state index is 5.99. The molecule has 0 saturated heterocycles. The van der Waals surface area contributed by atoms with Crippen LogP contribution in [0.1, 0.15) is 22.3 Å². The third kappa shape index (κ3) is 5.01. The summed E-state index contributed by atoms with van der Waals surface area (Å²) in [4.78, 5) is 0. The number of nitrogens with one attached hydrogen (secondary N) is 1. The number of aryl methyl sites for hydroxylation is 2. The van der Waals surface area contributed by atoms with Crippen molar-refractivity contribution in [3.05, 3.63) is 94.0 Å². The van der Waals surface area contributed by atoms with Crippen LogP contribution in [0, 0.1) is 13.8 Å². The Morgan fingerprint density at radius 1 is 0.880 bits per heavy atom. The largest absolute Gasteiger partial charge is 0.489 e. The third-order valence-corrected chi connectivity index (χ3v) is 4.33. The third-order valence-electron chi connectivity index (χ3n) is 4.09. The summed E-state index contributed by atoms with van der Waals surface area (Å²) in [7, 11) is 0. The van der Waals surface area contributed by atoms with Gasteiger partial charge in [0, 0.05) is 17.3 Å². The molecule has 0 heterocycles. The van der Waals surface area contributed by atoms with Crippen LogP contribution >= 0.6 is 11.6 Å². The number of anilines is 1. The first kappa shape index (κ1) is 17.4. The lowest BCUT2D eigenvalue weighted by Crippen LogP contribution is -2.01. The minimum atomic E-state index is 0.515. The molecule has 0 spiro atoms. The molecule has 0 radical (unpaired) electrons. The second kappa shape index (κ2) is 8.09. The Hall–Kier alpha value is -2.45. The van der Waals surface area contributed by atoms with Crippen LogP contribution in [-0.4, -0.2) is 0 Å². The predicted octanol–water partition coefficient (Wildman–Crippen LogP) is 6.15.